The van der Waals surface area contributed by atoms with E-state index < -0.39 is 10.0 Å². The lowest BCUT2D eigenvalue weighted by Crippen LogP contribution is -2.31. The van der Waals surface area contributed by atoms with Crippen LogP contribution in [0.5, 0.6) is 5.75 Å². The molecule has 9 heteroatoms. The zero-order valence-corrected chi connectivity index (χ0v) is 17.6. The minimum Gasteiger partial charge on any atom is -0.489 e. The predicted molar refractivity (Wildman–Crippen MR) is 104 cm³/mol. The Morgan fingerprint density at radius 1 is 1.15 bits per heavy atom. The van der Waals surface area contributed by atoms with Gasteiger partial charge < -0.3 is 4.74 Å². The Morgan fingerprint density at radius 3 is 2.27 bits per heavy atom. The van der Waals surface area contributed by atoms with Gasteiger partial charge in [0.25, 0.3) is 0 Å². The third kappa shape index (κ3) is 4.17. The van der Waals surface area contributed by atoms with Gasteiger partial charge in [-0.15, -0.1) is 0 Å². The van der Waals surface area contributed by atoms with Crippen molar-refractivity contribution in [1.29, 1.82) is 0 Å². The van der Waals surface area contributed by atoms with E-state index in [1.807, 2.05) is 13.8 Å². The number of hydrogen-bond acceptors (Lipinski definition) is 4. The van der Waals surface area contributed by atoms with Crippen molar-refractivity contribution >= 4 is 33.2 Å². The Balaban J connectivity index is 2.20. The smallest absolute Gasteiger partial charge is 0.246 e. The molecule has 0 radical (unpaired) electrons. The molecule has 0 amide bonds. The molecule has 26 heavy (non-hydrogen) atoms. The third-order valence-electron chi connectivity index (χ3n) is 4.09. The van der Waals surface area contributed by atoms with E-state index in [2.05, 4.69) is 5.10 Å². The van der Waals surface area contributed by atoms with E-state index in [0.29, 0.717) is 46.8 Å². The zero-order chi connectivity index (χ0) is 19.5. The van der Waals surface area contributed by atoms with Crippen molar-refractivity contribution in [2.24, 2.45) is 0 Å². The van der Waals surface area contributed by atoms with Gasteiger partial charge in [0.05, 0.1) is 28.0 Å². The zero-order valence-electron chi connectivity index (χ0n) is 15.3. The van der Waals surface area contributed by atoms with Crippen molar-refractivity contribution in [1.82, 2.24) is 14.1 Å². The fourth-order valence-corrected chi connectivity index (χ4v) is 5.16. The van der Waals surface area contributed by atoms with Crippen LogP contribution in [-0.4, -0.2) is 42.2 Å². The summed E-state index contributed by atoms with van der Waals surface area (Å²) in [6, 6.07) is 5.13. The minimum atomic E-state index is -3.57. The topological polar surface area (TPSA) is 64.4 Å². The maximum absolute atomic E-state index is 12.8. The van der Waals surface area contributed by atoms with Crippen LogP contribution < -0.4 is 4.74 Å². The summed E-state index contributed by atoms with van der Waals surface area (Å²) in [5.74, 6) is 0.411. The lowest BCUT2D eigenvalue weighted by molar-refractivity contribution is 0.289. The summed E-state index contributed by atoms with van der Waals surface area (Å²) in [6.45, 7) is 8.55. The number of aromatic nitrogens is 2. The van der Waals surface area contributed by atoms with Crippen LogP contribution in [0.3, 0.4) is 0 Å². The van der Waals surface area contributed by atoms with Crippen molar-refractivity contribution in [3.8, 4) is 5.75 Å². The summed E-state index contributed by atoms with van der Waals surface area (Å²) in [6.07, 6.45) is 0. The quantitative estimate of drug-likeness (QED) is 0.650. The SMILES string of the molecule is CCN(CC)S(=O)(=O)c1c(C)nn(CCOc2c(Cl)cccc2Cl)c1C. The number of para-hydroxylation sites is 1. The van der Waals surface area contributed by atoms with E-state index in [1.165, 1.54) is 4.31 Å². The Morgan fingerprint density at radius 2 is 1.73 bits per heavy atom. The summed E-state index contributed by atoms with van der Waals surface area (Å²) in [5, 5.41) is 5.22. The Hall–Kier alpha value is -1.28. The number of nitrogens with zero attached hydrogens (tertiary/aromatic N) is 3. The molecular weight excluding hydrogens is 397 g/mol. The molecule has 0 saturated heterocycles. The number of aryl methyl sites for hydroxylation is 1. The van der Waals surface area contributed by atoms with Gasteiger partial charge in [0, 0.05) is 13.1 Å². The summed E-state index contributed by atoms with van der Waals surface area (Å²) in [7, 11) is -3.57. The lowest BCUT2D eigenvalue weighted by atomic mass is 10.3. The summed E-state index contributed by atoms with van der Waals surface area (Å²) >= 11 is 12.2. The van der Waals surface area contributed by atoms with Gasteiger partial charge in [-0.25, -0.2) is 8.42 Å². The molecule has 0 N–H and O–H groups in total. The molecule has 0 aliphatic heterocycles. The first kappa shape index (κ1) is 21.0. The van der Waals surface area contributed by atoms with Gasteiger partial charge in [-0.3, -0.25) is 4.68 Å². The molecule has 0 aliphatic rings. The molecule has 0 fully saturated rings. The molecule has 1 aromatic heterocycles. The molecule has 0 atom stereocenters. The van der Waals surface area contributed by atoms with E-state index in [9.17, 15) is 8.42 Å². The van der Waals surface area contributed by atoms with Gasteiger partial charge >= 0.3 is 0 Å². The van der Waals surface area contributed by atoms with E-state index in [0.717, 1.165) is 0 Å². The van der Waals surface area contributed by atoms with E-state index in [-0.39, 0.29) is 11.5 Å². The Bertz CT molecular complexity index is 857. The molecule has 0 bridgehead atoms. The Labute approximate surface area is 164 Å². The molecule has 0 spiro atoms. The number of benzene rings is 1. The Kier molecular flexibility index (Phi) is 6.96. The molecule has 2 aromatic rings. The van der Waals surface area contributed by atoms with Crippen LogP contribution in [0.4, 0.5) is 0 Å². The highest BCUT2D eigenvalue weighted by molar-refractivity contribution is 7.89. The fraction of sp³-hybridized carbons (Fsp3) is 0.471. The number of rotatable bonds is 8. The standard InChI is InChI=1S/C17H23Cl2N3O3S/c1-5-21(6-2)26(23,24)17-12(3)20-22(13(17)4)10-11-25-16-14(18)8-7-9-15(16)19/h7-9H,5-6,10-11H2,1-4H3. The van der Waals surface area contributed by atoms with Crippen molar-refractivity contribution < 1.29 is 13.2 Å². The first-order chi connectivity index (χ1) is 12.2. The van der Waals surface area contributed by atoms with E-state index in [1.54, 1.807) is 36.7 Å². The minimum absolute atomic E-state index is 0.260. The highest BCUT2D eigenvalue weighted by Gasteiger charge is 2.29. The van der Waals surface area contributed by atoms with Gasteiger partial charge in [-0.1, -0.05) is 43.1 Å². The molecule has 1 aromatic carbocycles. The van der Waals surface area contributed by atoms with Crippen molar-refractivity contribution in [2.45, 2.75) is 39.1 Å². The molecular formula is C17H23Cl2N3O3S. The first-order valence-corrected chi connectivity index (χ1v) is 10.5. The maximum Gasteiger partial charge on any atom is 0.246 e. The van der Waals surface area contributed by atoms with Crippen LogP contribution >= 0.6 is 23.2 Å². The molecule has 6 nitrogen and oxygen atoms in total. The largest absolute Gasteiger partial charge is 0.489 e. The number of sulfonamides is 1. The van der Waals surface area contributed by atoms with Crippen LogP contribution in [0, 0.1) is 13.8 Å². The number of halogens is 2. The van der Waals surface area contributed by atoms with Crippen LogP contribution in [0.2, 0.25) is 10.0 Å². The van der Waals surface area contributed by atoms with Crippen molar-refractivity contribution in [2.75, 3.05) is 19.7 Å². The van der Waals surface area contributed by atoms with Crippen LogP contribution in [0.1, 0.15) is 25.2 Å². The molecule has 0 saturated carbocycles. The second-order valence-corrected chi connectivity index (χ2v) is 8.40. The van der Waals surface area contributed by atoms with E-state index >= 15 is 0 Å². The molecule has 2 rings (SSSR count). The van der Waals surface area contributed by atoms with Crippen molar-refractivity contribution in [3.63, 3.8) is 0 Å². The number of hydrogen-bond donors (Lipinski definition) is 0. The first-order valence-electron chi connectivity index (χ1n) is 8.34. The highest BCUT2D eigenvalue weighted by atomic mass is 35.5. The highest BCUT2D eigenvalue weighted by Crippen LogP contribution is 2.32. The fourth-order valence-electron chi connectivity index (χ4n) is 2.82. The van der Waals surface area contributed by atoms with Gasteiger partial charge in [0.2, 0.25) is 10.0 Å². The third-order valence-corrected chi connectivity index (χ3v) is 6.99. The van der Waals surface area contributed by atoms with Crippen molar-refractivity contribution in [3.05, 3.63) is 39.6 Å². The maximum atomic E-state index is 12.8. The predicted octanol–water partition coefficient (Wildman–Crippen LogP) is 3.92. The monoisotopic (exact) mass is 419 g/mol. The van der Waals surface area contributed by atoms with Gasteiger partial charge in [-0.2, -0.15) is 9.40 Å². The molecule has 0 unspecified atom stereocenters. The average molecular weight is 420 g/mol. The van der Waals surface area contributed by atoms with Gasteiger partial charge in [-0.05, 0) is 26.0 Å². The van der Waals surface area contributed by atoms with Gasteiger partial charge in [0.15, 0.2) is 5.75 Å². The summed E-state index contributed by atoms with van der Waals surface area (Å²) in [5.41, 5.74) is 1.06. The molecule has 144 valence electrons. The van der Waals surface area contributed by atoms with Crippen LogP contribution in [0.15, 0.2) is 23.1 Å². The molecule has 0 aliphatic carbocycles. The number of ether oxygens (including phenoxy) is 1. The van der Waals surface area contributed by atoms with Gasteiger partial charge in [0.1, 0.15) is 11.5 Å². The second-order valence-electron chi connectivity index (χ2n) is 5.71. The summed E-state index contributed by atoms with van der Waals surface area (Å²) in [4.78, 5) is 0.261. The van der Waals surface area contributed by atoms with Crippen LogP contribution in [-0.2, 0) is 16.6 Å². The van der Waals surface area contributed by atoms with E-state index in [4.69, 9.17) is 27.9 Å². The second kappa shape index (κ2) is 8.61. The molecule has 1 heterocycles. The average Bonchev–Trinajstić information content (AvgIpc) is 2.85. The lowest BCUT2D eigenvalue weighted by Gasteiger charge is -2.18. The van der Waals surface area contributed by atoms with Crippen LogP contribution in [0.25, 0.3) is 0 Å². The normalized spacial score (nSPS) is 12.0. The summed E-state index contributed by atoms with van der Waals surface area (Å²) < 4.78 is 34.4.